The lowest BCUT2D eigenvalue weighted by molar-refractivity contribution is -0.120. The summed E-state index contributed by atoms with van der Waals surface area (Å²) in [5, 5.41) is 6.14. The molecule has 0 aromatic heterocycles. The molecule has 1 aromatic rings. The maximum absolute atomic E-state index is 11.6. The van der Waals surface area contributed by atoms with E-state index in [1.807, 2.05) is 31.2 Å². The van der Waals surface area contributed by atoms with Crippen LogP contribution in [-0.2, 0) is 4.79 Å². The first kappa shape index (κ1) is 15.5. The van der Waals surface area contributed by atoms with Gasteiger partial charge in [-0.25, -0.2) is 0 Å². The van der Waals surface area contributed by atoms with Gasteiger partial charge in [0.1, 0.15) is 5.75 Å². The lowest BCUT2D eigenvalue weighted by Gasteiger charge is -2.17. The molecule has 0 bridgehead atoms. The first-order valence-electron chi connectivity index (χ1n) is 6.85. The van der Waals surface area contributed by atoms with Gasteiger partial charge < -0.3 is 15.4 Å². The largest absolute Gasteiger partial charge is 0.497 e. The Bertz CT molecular complexity index is 376. The van der Waals surface area contributed by atoms with Gasteiger partial charge in [0.15, 0.2) is 0 Å². The summed E-state index contributed by atoms with van der Waals surface area (Å²) in [4.78, 5) is 11.6. The first-order valence-corrected chi connectivity index (χ1v) is 6.85. The zero-order valence-electron chi connectivity index (χ0n) is 12.0. The van der Waals surface area contributed by atoms with Crippen LogP contribution in [0.1, 0.15) is 38.3 Å². The second kappa shape index (κ2) is 8.53. The molecule has 0 radical (unpaired) electrons. The molecule has 4 nitrogen and oxygen atoms in total. The van der Waals surface area contributed by atoms with Gasteiger partial charge in [-0.15, -0.1) is 0 Å². The van der Waals surface area contributed by atoms with Gasteiger partial charge in [0.05, 0.1) is 13.7 Å². The number of benzene rings is 1. The fourth-order valence-electron chi connectivity index (χ4n) is 1.88. The molecule has 106 valence electrons. The Hall–Kier alpha value is -1.55. The first-order chi connectivity index (χ1) is 9.21. The van der Waals surface area contributed by atoms with Crippen LogP contribution in [0, 0.1) is 0 Å². The van der Waals surface area contributed by atoms with Crippen molar-refractivity contribution >= 4 is 5.91 Å². The van der Waals surface area contributed by atoms with Crippen molar-refractivity contribution in [1.82, 2.24) is 10.6 Å². The van der Waals surface area contributed by atoms with Crippen LogP contribution in [0.4, 0.5) is 0 Å². The van der Waals surface area contributed by atoms with E-state index < -0.39 is 0 Å². The number of hydrogen-bond donors (Lipinski definition) is 2. The second-order valence-electron chi connectivity index (χ2n) is 4.46. The quantitative estimate of drug-likeness (QED) is 0.757. The Morgan fingerprint density at radius 1 is 1.26 bits per heavy atom. The summed E-state index contributed by atoms with van der Waals surface area (Å²) in [6.07, 6.45) is 1.90. The van der Waals surface area contributed by atoms with Crippen LogP contribution < -0.4 is 15.4 Å². The molecule has 1 rings (SSSR count). The smallest absolute Gasteiger partial charge is 0.233 e. The molecule has 1 aromatic carbocycles. The zero-order valence-corrected chi connectivity index (χ0v) is 12.0. The normalized spacial score (nSPS) is 11.9. The molecular formula is C15H24N2O2. The maximum atomic E-state index is 11.6. The average Bonchev–Trinajstić information content (AvgIpc) is 2.46. The summed E-state index contributed by atoms with van der Waals surface area (Å²) >= 11 is 0. The van der Waals surface area contributed by atoms with Crippen LogP contribution in [0.25, 0.3) is 0 Å². The topological polar surface area (TPSA) is 50.4 Å². The SMILES string of the molecule is CCCNC(=O)CNC(CC)c1ccc(OC)cc1. The van der Waals surface area contributed by atoms with Crippen LogP contribution in [0.15, 0.2) is 24.3 Å². The van der Waals surface area contributed by atoms with Crippen molar-refractivity contribution in [2.45, 2.75) is 32.7 Å². The number of nitrogens with one attached hydrogen (secondary N) is 2. The zero-order chi connectivity index (χ0) is 14.1. The van der Waals surface area contributed by atoms with Gasteiger partial charge in [0.25, 0.3) is 0 Å². The molecule has 0 aliphatic carbocycles. The highest BCUT2D eigenvalue weighted by Crippen LogP contribution is 2.19. The molecule has 0 aliphatic rings. The molecule has 1 atom stereocenters. The molecule has 0 spiro atoms. The van der Waals surface area contributed by atoms with Crippen LogP contribution in [0.3, 0.4) is 0 Å². The highest BCUT2D eigenvalue weighted by atomic mass is 16.5. The number of rotatable bonds is 8. The predicted molar refractivity (Wildman–Crippen MR) is 77.3 cm³/mol. The Kier molecular flexibility index (Phi) is 6.97. The Balaban J connectivity index is 2.50. The van der Waals surface area contributed by atoms with Crippen molar-refractivity contribution in [3.05, 3.63) is 29.8 Å². The number of hydrogen-bond acceptors (Lipinski definition) is 3. The minimum absolute atomic E-state index is 0.0498. The summed E-state index contributed by atoms with van der Waals surface area (Å²) in [7, 11) is 1.66. The third-order valence-corrected chi connectivity index (χ3v) is 3.01. The van der Waals surface area contributed by atoms with Crippen LogP contribution in [0.5, 0.6) is 5.75 Å². The standard InChI is InChI=1S/C15H24N2O2/c1-4-10-16-15(18)11-17-14(5-2)12-6-8-13(19-3)9-7-12/h6-9,14,17H,4-5,10-11H2,1-3H3,(H,16,18). The molecule has 0 saturated carbocycles. The maximum Gasteiger partial charge on any atom is 0.233 e. The fourth-order valence-corrected chi connectivity index (χ4v) is 1.88. The Morgan fingerprint density at radius 3 is 2.47 bits per heavy atom. The van der Waals surface area contributed by atoms with Crippen LogP contribution in [-0.4, -0.2) is 26.1 Å². The van der Waals surface area contributed by atoms with Crippen LogP contribution >= 0.6 is 0 Å². The second-order valence-corrected chi connectivity index (χ2v) is 4.46. The minimum Gasteiger partial charge on any atom is -0.497 e. The number of methoxy groups -OCH3 is 1. The van der Waals surface area contributed by atoms with E-state index in [9.17, 15) is 4.79 Å². The monoisotopic (exact) mass is 264 g/mol. The van der Waals surface area contributed by atoms with E-state index >= 15 is 0 Å². The number of carbonyl (C=O) groups excluding carboxylic acids is 1. The van der Waals surface area contributed by atoms with Crippen molar-refractivity contribution in [1.29, 1.82) is 0 Å². The van der Waals surface area contributed by atoms with Gasteiger partial charge >= 0.3 is 0 Å². The summed E-state index contributed by atoms with van der Waals surface area (Å²) in [5.41, 5.74) is 1.17. The highest BCUT2D eigenvalue weighted by Gasteiger charge is 2.10. The van der Waals surface area contributed by atoms with E-state index in [0.29, 0.717) is 6.54 Å². The van der Waals surface area contributed by atoms with E-state index in [4.69, 9.17) is 4.74 Å². The van der Waals surface area contributed by atoms with E-state index in [1.165, 1.54) is 5.56 Å². The van der Waals surface area contributed by atoms with Crippen LogP contribution in [0.2, 0.25) is 0 Å². The molecule has 0 aliphatic heterocycles. The van der Waals surface area contributed by atoms with Crippen molar-refractivity contribution in [3.63, 3.8) is 0 Å². The molecule has 1 amide bonds. The van der Waals surface area contributed by atoms with Crippen molar-refractivity contribution in [2.75, 3.05) is 20.2 Å². The number of amides is 1. The summed E-state index contributed by atoms with van der Waals surface area (Å²) in [6.45, 7) is 5.23. The van der Waals surface area contributed by atoms with Gasteiger partial charge in [0, 0.05) is 12.6 Å². The fraction of sp³-hybridized carbons (Fsp3) is 0.533. The van der Waals surface area contributed by atoms with Gasteiger partial charge in [0.2, 0.25) is 5.91 Å². The number of carbonyl (C=O) groups is 1. The number of ether oxygens (including phenoxy) is 1. The van der Waals surface area contributed by atoms with E-state index in [0.717, 1.165) is 25.1 Å². The Morgan fingerprint density at radius 2 is 1.95 bits per heavy atom. The van der Waals surface area contributed by atoms with Gasteiger partial charge in [-0.1, -0.05) is 26.0 Å². The summed E-state index contributed by atoms with van der Waals surface area (Å²) < 4.78 is 5.14. The molecular weight excluding hydrogens is 240 g/mol. The molecule has 19 heavy (non-hydrogen) atoms. The summed E-state index contributed by atoms with van der Waals surface area (Å²) in [5.74, 6) is 0.896. The Labute approximate surface area is 115 Å². The summed E-state index contributed by atoms with van der Waals surface area (Å²) in [6, 6.07) is 8.14. The molecule has 0 fully saturated rings. The van der Waals surface area contributed by atoms with Crippen molar-refractivity contribution in [2.24, 2.45) is 0 Å². The lowest BCUT2D eigenvalue weighted by Crippen LogP contribution is -2.35. The van der Waals surface area contributed by atoms with E-state index in [1.54, 1.807) is 7.11 Å². The van der Waals surface area contributed by atoms with Crippen molar-refractivity contribution < 1.29 is 9.53 Å². The minimum atomic E-state index is 0.0498. The van der Waals surface area contributed by atoms with Gasteiger partial charge in [-0.3, -0.25) is 4.79 Å². The predicted octanol–water partition coefficient (Wildman–Crippen LogP) is 2.26. The van der Waals surface area contributed by atoms with E-state index in [-0.39, 0.29) is 11.9 Å². The van der Waals surface area contributed by atoms with Gasteiger partial charge in [-0.2, -0.15) is 0 Å². The van der Waals surface area contributed by atoms with Gasteiger partial charge in [-0.05, 0) is 30.5 Å². The molecule has 0 saturated heterocycles. The lowest BCUT2D eigenvalue weighted by atomic mass is 10.0. The highest BCUT2D eigenvalue weighted by molar-refractivity contribution is 5.77. The van der Waals surface area contributed by atoms with Crippen molar-refractivity contribution in [3.8, 4) is 5.75 Å². The molecule has 2 N–H and O–H groups in total. The third-order valence-electron chi connectivity index (χ3n) is 3.01. The third kappa shape index (κ3) is 5.30. The molecule has 4 heteroatoms. The average molecular weight is 264 g/mol. The van der Waals surface area contributed by atoms with E-state index in [2.05, 4.69) is 17.6 Å². The molecule has 0 heterocycles. The molecule has 1 unspecified atom stereocenters.